The van der Waals surface area contributed by atoms with E-state index in [0.29, 0.717) is 26.8 Å². The number of anilines is 1. The van der Waals surface area contributed by atoms with Crippen LogP contribution >= 0.6 is 34.5 Å². The van der Waals surface area contributed by atoms with E-state index in [4.69, 9.17) is 33.0 Å². The van der Waals surface area contributed by atoms with Crippen LogP contribution < -0.4 is 4.90 Å². The minimum atomic E-state index is -1.37. The van der Waals surface area contributed by atoms with Crippen LogP contribution in [0.4, 0.5) is 10.6 Å². The number of imide groups is 4. The fourth-order valence-corrected chi connectivity index (χ4v) is 10.4. The van der Waals surface area contributed by atoms with Crippen molar-refractivity contribution in [2.45, 2.75) is 32.6 Å². The van der Waals surface area contributed by atoms with Crippen LogP contribution in [0.3, 0.4) is 0 Å². The number of aromatic hydroxyl groups is 1. The van der Waals surface area contributed by atoms with Gasteiger partial charge in [-0.05, 0) is 79.5 Å². The molecule has 11 nitrogen and oxygen atoms in total. The topological polar surface area (TPSA) is 139 Å². The van der Waals surface area contributed by atoms with Crippen molar-refractivity contribution in [1.29, 1.82) is 0 Å². The van der Waals surface area contributed by atoms with Crippen LogP contribution in [0.1, 0.15) is 36.8 Å². The number of rotatable bonds is 3. The summed E-state index contributed by atoms with van der Waals surface area (Å²) in [6.45, 7) is 3.72. The second-order valence-electron chi connectivity index (χ2n) is 13.6. The number of nitrogens with zero attached hydrogens (tertiary/aromatic N) is 4. The van der Waals surface area contributed by atoms with Gasteiger partial charge in [-0.15, -0.1) is 11.3 Å². The predicted molar refractivity (Wildman–Crippen MR) is 186 cm³/mol. The number of aryl methyl sites for hydroxylation is 2. The van der Waals surface area contributed by atoms with E-state index in [-0.39, 0.29) is 29.4 Å². The molecule has 1 N–H and O–H groups in total. The average molecular weight is 734 g/mol. The molecule has 2 aliphatic heterocycles. The smallest absolute Gasteiger partial charge is 0.423 e. The Morgan fingerprint density at radius 1 is 1.04 bits per heavy atom. The van der Waals surface area contributed by atoms with Crippen molar-refractivity contribution in [2.24, 2.45) is 36.1 Å². The van der Waals surface area contributed by atoms with Crippen LogP contribution in [0.25, 0.3) is 20.7 Å². The number of carbonyl (C=O) groups excluding carboxylic acids is 5. The molecule has 6 unspecified atom stereocenters. The summed E-state index contributed by atoms with van der Waals surface area (Å²) in [6.07, 6.45) is 1.04. The summed E-state index contributed by atoms with van der Waals surface area (Å²) < 4.78 is 7.29. The highest BCUT2D eigenvalue weighted by atomic mass is 35.5. The molecule has 256 valence electrons. The number of halogens is 2. The van der Waals surface area contributed by atoms with Crippen LogP contribution in [-0.2, 0) is 31.0 Å². The first-order valence-electron chi connectivity index (χ1n) is 16.0. The Morgan fingerprint density at radius 2 is 1.80 bits per heavy atom. The maximum atomic E-state index is 14.9. The van der Waals surface area contributed by atoms with Gasteiger partial charge in [0, 0.05) is 33.8 Å². The molecule has 0 spiro atoms. The number of phenolic OH excluding ortho intramolecular Hbond substituents is 1. The van der Waals surface area contributed by atoms with Crippen molar-refractivity contribution in [2.75, 3.05) is 12.0 Å². The van der Waals surface area contributed by atoms with E-state index < -0.39 is 64.7 Å². The van der Waals surface area contributed by atoms with Gasteiger partial charge in [-0.3, -0.25) is 23.9 Å². The third-order valence-electron chi connectivity index (χ3n) is 11.1. The van der Waals surface area contributed by atoms with Gasteiger partial charge in [-0.25, -0.2) is 9.69 Å². The molecule has 2 saturated heterocycles. The summed E-state index contributed by atoms with van der Waals surface area (Å²) in [5, 5.41) is 16.8. The van der Waals surface area contributed by atoms with Gasteiger partial charge in [-0.2, -0.15) is 10.00 Å². The van der Waals surface area contributed by atoms with Crippen LogP contribution in [0.15, 0.2) is 54.1 Å². The lowest BCUT2D eigenvalue weighted by atomic mass is 9.51. The maximum absolute atomic E-state index is 14.9. The monoisotopic (exact) mass is 732 g/mol. The first kappa shape index (κ1) is 32.7. The van der Waals surface area contributed by atoms with Gasteiger partial charge in [0.05, 0.1) is 35.2 Å². The number of ether oxygens (including phenoxy) is 1. The third kappa shape index (κ3) is 4.34. The van der Waals surface area contributed by atoms with E-state index >= 15 is 0 Å². The Morgan fingerprint density at radius 3 is 2.52 bits per heavy atom. The molecule has 4 aromatic rings. The lowest BCUT2D eigenvalue weighted by Gasteiger charge is -2.49. The van der Waals surface area contributed by atoms with E-state index in [1.807, 2.05) is 31.2 Å². The molecule has 14 heteroatoms. The molecule has 1 saturated carbocycles. The lowest BCUT2D eigenvalue weighted by Crippen LogP contribution is -2.49. The standard InChI is InChI=1S/C36H30Cl2N4O7S/c1-15-21-11-16(37)5-10-26(21)50-30(15)25-14-27(40(3)39-25)41-32(45)23-13-22-18(8-9-20-28(22)33(46)42(31(20)44)35(48)49-4)29(36(23,2)34(41)47)19-7-6-17(43)12-24(19)38/h5-8,10-12,14,20,22-23,28-29,43H,9,13H2,1-4H3. The van der Waals surface area contributed by atoms with Gasteiger partial charge < -0.3 is 9.84 Å². The van der Waals surface area contributed by atoms with E-state index in [2.05, 4.69) is 0 Å². The van der Waals surface area contributed by atoms with E-state index in [1.54, 1.807) is 26.1 Å². The van der Waals surface area contributed by atoms with Crippen molar-refractivity contribution in [1.82, 2.24) is 14.7 Å². The number of amides is 5. The minimum Gasteiger partial charge on any atom is -0.508 e. The van der Waals surface area contributed by atoms with E-state index in [0.717, 1.165) is 27.6 Å². The molecule has 50 heavy (non-hydrogen) atoms. The molecule has 2 aromatic heterocycles. The summed E-state index contributed by atoms with van der Waals surface area (Å²) in [4.78, 5) is 71.9. The highest BCUT2D eigenvalue weighted by Gasteiger charge is 2.68. The fourth-order valence-electron chi connectivity index (χ4n) is 8.81. The highest BCUT2D eigenvalue weighted by molar-refractivity contribution is 7.22. The van der Waals surface area contributed by atoms with Crippen LogP contribution in [0, 0.1) is 36.0 Å². The second-order valence-corrected chi connectivity index (χ2v) is 15.5. The number of benzene rings is 2. The largest absolute Gasteiger partial charge is 0.508 e. The number of thiophene rings is 1. The average Bonchev–Trinajstić information content (AvgIpc) is 3.75. The number of hydrogen-bond acceptors (Lipinski definition) is 9. The normalized spacial score (nSPS) is 27.5. The number of phenols is 1. The third-order valence-corrected chi connectivity index (χ3v) is 13.0. The van der Waals surface area contributed by atoms with Gasteiger partial charge in [0.15, 0.2) is 0 Å². The molecule has 4 aliphatic rings. The number of allylic oxidation sites excluding steroid dienone is 2. The van der Waals surface area contributed by atoms with Gasteiger partial charge in [0.1, 0.15) is 17.3 Å². The molecule has 0 radical (unpaired) electrons. The molecular formula is C36H30Cl2N4O7S. The Hall–Kier alpha value is -4.52. The number of methoxy groups -OCH3 is 1. The first-order chi connectivity index (χ1) is 23.8. The first-order valence-corrected chi connectivity index (χ1v) is 17.6. The predicted octanol–water partition coefficient (Wildman–Crippen LogP) is 6.62. The number of likely N-dealkylation sites (tertiary alicyclic amines) is 1. The molecule has 4 heterocycles. The van der Waals surface area contributed by atoms with Crippen molar-refractivity contribution in [3.8, 4) is 16.3 Å². The Balaban J connectivity index is 1.25. The molecule has 5 amide bonds. The Labute approximate surface area is 300 Å². The van der Waals surface area contributed by atoms with Crippen LogP contribution in [-0.4, -0.2) is 56.6 Å². The summed E-state index contributed by atoms with van der Waals surface area (Å²) in [5.74, 6) is -6.17. The maximum Gasteiger partial charge on any atom is 0.423 e. The Bertz CT molecular complexity index is 2260. The Kier molecular flexibility index (Phi) is 7.35. The second kappa shape index (κ2) is 11.2. The molecule has 0 bridgehead atoms. The van der Waals surface area contributed by atoms with Crippen molar-refractivity contribution in [3.63, 3.8) is 0 Å². The van der Waals surface area contributed by atoms with E-state index in [1.165, 1.54) is 33.1 Å². The van der Waals surface area contributed by atoms with Gasteiger partial charge in [-0.1, -0.05) is 40.9 Å². The van der Waals surface area contributed by atoms with Gasteiger partial charge >= 0.3 is 6.09 Å². The van der Waals surface area contributed by atoms with Crippen LogP contribution in [0.5, 0.6) is 5.75 Å². The lowest BCUT2D eigenvalue weighted by molar-refractivity contribution is -0.138. The van der Waals surface area contributed by atoms with Crippen molar-refractivity contribution < 1.29 is 33.8 Å². The molecule has 2 aromatic carbocycles. The molecule has 3 fully saturated rings. The van der Waals surface area contributed by atoms with Gasteiger partial charge in [0.2, 0.25) is 23.6 Å². The van der Waals surface area contributed by atoms with E-state index in [9.17, 15) is 29.1 Å². The molecule has 8 rings (SSSR count). The van der Waals surface area contributed by atoms with Crippen LogP contribution in [0.2, 0.25) is 10.0 Å². The van der Waals surface area contributed by atoms with Gasteiger partial charge in [0.25, 0.3) is 0 Å². The number of fused-ring (bicyclic) bond motifs is 5. The zero-order chi connectivity index (χ0) is 35.5. The summed E-state index contributed by atoms with van der Waals surface area (Å²) in [5.41, 5.74) is 1.39. The molecular weight excluding hydrogens is 703 g/mol. The SMILES string of the molecule is COC(=O)N1C(=O)C2CC=C3C(CC4C(=O)N(c5cc(-c6sc7ccc(Cl)cc7c6C)nn5C)C(=O)C4(C)C3c3ccc(O)cc3Cl)C2C1=O. The number of carbonyl (C=O) groups is 5. The summed E-state index contributed by atoms with van der Waals surface area (Å²) in [6, 6.07) is 11.9. The quantitative estimate of drug-likeness (QED) is 0.183. The molecule has 6 atom stereocenters. The number of hydrogen-bond donors (Lipinski definition) is 1. The van der Waals surface area contributed by atoms with Crippen molar-refractivity contribution >= 4 is 80.2 Å². The zero-order valence-corrected chi connectivity index (χ0v) is 29.6. The fraction of sp³-hybridized carbons (Fsp3) is 0.333. The minimum absolute atomic E-state index is 0.0764. The molecule has 2 aliphatic carbocycles. The van der Waals surface area contributed by atoms with Crippen molar-refractivity contribution in [3.05, 3.63) is 75.3 Å². The summed E-state index contributed by atoms with van der Waals surface area (Å²) in [7, 11) is 2.77. The number of aromatic nitrogens is 2. The summed E-state index contributed by atoms with van der Waals surface area (Å²) >= 11 is 14.6. The zero-order valence-electron chi connectivity index (χ0n) is 27.3. The highest BCUT2D eigenvalue weighted by Crippen LogP contribution is 2.64.